The lowest BCUT2D eigenvalue weighted by Gasteiger charge is -2.33. The highest BCUT2D eigenvalue weighted by Crippen LogP contribution is 2.37. The zero-order valence-electron chi connectivity index (χ0n) is 20.7. The summed E-state index contributed by atoms with van der Waals surface area (Å²) in [6.45, 7) is 2.89. The molecule has 37 heavy (non-hydrogen) atoms. The fourth-order valence-corrected chi connectivity index (χ4v) is 5.78. The van der Waals surface area contributed by atoms with Gasteiger partial charge in [-0.15, -0.1) is 0 Å². The molecule has 4 aromatic carbocycles. The van der Waals surface area contributed by atoms with Crippen LogP contribution in [0, 0.1) is 0 Å². The number of nitrogens with zero attached hydrogens (tertiary/aromatic N) is 2. The molecule has 184 valence electrons. The van der Waals surface area contributed by atoms with Gasteiger partial charge in [-0.05, 0) is 109 Å². The van der Waals surface area contributed by atoms with Gasteiger partial charge in [0.1, 0.15) is 23.0 Å². The first-order valence-corrected chi connectivity index (χ1v) is 13.2. The molecular formula is C32H28N2O3. The lowest BCUT2D eigenvalue weighted by Crippen LogP contribution is -2.32. The van der Waals surface area contributed by atoms with Gasteiger partial charge in [0.2, 0.25) is 0 Å². The Morgan fingerprint density at radius 1 is 0.486 bits per heavy atom. The Morgan fingerprint density at radius 2 is 0.892 bits per heavy atom. The lowest BCUT2D eigenvalue weighted by molar-refractivity contribution is 0.288. The normalized spacial score (nSPS) is 16.6. The Morgan fingerprint density at radius 3 is 1.30 bits per heavy atom. The number of rotatable bonds is 4. The van der Waals surface area contributed by atoms with Crippen molar-refractivity contribution >= 4 is 11.4 Å². The van der Waals surface area contributed by atoms with Crippen LogP contribution in [0.3, 0.4) is 0 Å². The van der Waals surface area contributed by atoms with Crippen molar-refractivity contribution in [2.24, 2.45) is 0 Å². The van der Waals surface area contributed by atoms with Crippen molar-refractivity contribution in [3.05, 3.63) is 106 Å². The summed E-state index contributed by atoms with van der Waals surface area (Å²) < 4.78 is 18.3. The molecule has 5 heteroatoms. The van der Waals surface area contributed by atoms with Gasteiger partial charge in [0.15, 0.2) is 13.5 Å². The number of aryl methyl sites for hydroxylation is 4. The van der Waals surface area contributed by atoms with E-state index in [1.54, 1.807) is 0 Å². The maximum atomic E-state index is 6.15. The van der Waals surface area contributed by atoms with Gasteiger partial charge in [0, 0.05) is 35.6 Å². The molecule has 0 spiro atoms. The highest BCUT2D eigenvalue weighted by molar-refractivity contribution is 5.56. The lowest BCUT2D eigenvalue weighted by atomic mass is 9.86. The van der Waals surface area contributed by atoms with Crippen LogP contribution in [-0.2, 0) is 38.8 Å². The van der Waals surface area contributed by atoms with Crippen molar-refractivity contribution in [2.75, 3.05) is 23.3 Å². The van der Waals surface area contributed by atoms with Crippen LogP contribution >= 0.6 is 0 Å². The summed E-state index contributed by atoms with van der Waals surface area (Å²) in [5.41, 5.74) is 10.7. The van der Waals surface area contributed by atoms with E-state index in [0.717, 1.165) is 47.5 Å². The SMILES string of the molecule is c1cc(N2COc3cc4c(cc3C2)CC4)ccc1Oc1ccc(N2COc3cc4c(cc3C2)CC4)cc1. The average Bonchev–Trinajstić information content (AvgIpc) is 2.91. The molecule has 4 aromatic rings. The predicted octanol–water partition coefficient (Wildman–Crippen LogP) is 6.39. The smallest absolute Gasteiger partial charge is 0.161 e. The molecule has 5 nitrogen and oxygen atoms in total. The topological polar surface area (TPSA) is 34.2 Å². The van der Waals surface area contributed by atoms with E-state index in [2.05, 4.69) is 58.3 Å². The predicted molar refractivity (Wildman–Crippen MR) is 144 cm³/mol. The fourth-order valence-electron chi connectivity index (χ4n) is 5.78. The molecule has 2 aliphatic carbocycles. The van der Waals surface area contributed by atoms with E-state index in [9.17, 15) is 0 Å². The van der Waals surface area contributed by atoms with E-state index in [-0.39, 0.29) is 0 Å². The Labute approximate surface area is 216 Å². The molecule has 0 radical (unpaired) electrons. The van der Waals surface area contributed by atoms with Crippen molar-refractivity contribution in [1.82, 2.24) is 0 Å². The zero-order chi connectivity index (χ0) is 24.3. The number of fused-ring (bicyclic) bond motifs is 4. The highest BCUT2D eigenvalue weighted by atomic mass is 16.5. The Kier molecular flexibility index (Phi) is 4.66. The minimum absolute atomic E-state index is 0.570. The average molecular weight is 489 g/mol. The Bertz CT molecular complexity index is 1400. The van der Waals surface area contributed by atoms with Crippen LogP contribution < -0.4 is 24.0 Å². The van der Waals surface area contributed by atoms with Crippen molar-refractivity contribution in [3.63, 3.8) is 0 Å². The summed E-state index contributed by atoms with van der Waals surface area (Å²) in [7, 11) is 0. The molecule has 4 aliphatic rings. The standard InChI is InChI=1S/C32H28N2O3/c1-3-23-15-31-25(13-21(1)23)17-33(19-35-31)27-5-9-29(10-6-27)37-30-11-7-28(8-12-30)34-18-26-14-22-2-4-24(22)16-32(26)36-20-34/h5-16H,1-4,17-20H2. The molecule has 0 aromatic heterocycles. The fraction of sp³-hybridized carbons (Fsp3) is 0.250. The highest BCUT2D eigenvalue weighted by Gasteiger charge is 2.24. The first-order valence-electron chi connectivity index (χ1n) is 13.2. The van der Waals surface area contributed by atoms with Gasteiger partial charge in [-0.25, -0.2) is 0 Å². The molecule has 0 N–H and O–H groups in total. The van der Waals surface area contributed by atoms with Gasteiger partial charge >= 0.3 is 0 Å². The molecule has 0 saturated heterocycles. The Balaban J connectivity index is 0.924. The van der Waals surface area contributed by atoms with Crippen LogP contribution in [0.2, 0.25) is 0 Å². The summed E-state index contributed by atoms with van der Waals surface area (Å²) in [5, 5.41) is 0. The van der Waals surface area contributed by atoms with Crippen LogP contribution in [-0.4, -0.2) is 13.5 Å². The number of hydrogen-bond donors (Lipinski definition) is 0. The second kappa shape index (κ2) is 8.20. The maximum absolute atomic E-state index is 6.15. The van der Waals surface area contributed by atoms with E-state index in [4.69, 9.17) is 14.2 Å². The number of hydrogen-bond acceptors (Lipinski definition) is 5. The second-order valence-corrected chi connectivity index (χ2v) is 10.5. The molecule has 2 aliphatic heterocycles. The third-order valence-corrected chi connectivity index (χ3v) is 8.21. The molecule has 0 bridgehead atoms. The van der Waals surface area contributed by atoms with Gasteiger partial charge in [0.25, 0.3) is 0 Å². The minimum atomic E-state index is 0.570. The molecule has 8 rings (SSSR count). The van der Waals surface area contributed by atoms with Gasteiger partial charge in [-0.2, -0.15) is 0 Å². The largest absolute Gasteiger partial charge is 0.473 e. The summed E-state index contributed by atoms with van der Waals surface area (Å²) >= 11 is 0. The van der Waals surface area contributed by atoms with Crippen molar-refractivity contribution in [2.45, 2.75) is 38.8 Å². The third-order valence-electron chi connectivity index (χ3n) is 8.21. The molecule has 0 atom stereocenters. The van der Waals surface area contributed by atoms with Crippen LogP contribution in [0.4, 0.5) is 11.4 Å². The maximum Gasteiger partial charge on any atom is 0.161 e. The van der Waals surface area contributed by atoms with Crippen LogP contribution in [0.25, 0.3) is 0 Å². The molecule has 0 saturated carbocycles. The first kappa shape index (κ1) is 21.0. The second-order valence-electron chi connectivity index (χ2n) is 10.5. The molecule has 0 unspecified atom stereocenters. The third kappa shape index (κ3) is 3.69. The number of ether oxygens (including phenoxy) is 3. The van der Waals surface area contributed by atoms with Crippen LogP contribution in [0.1, 0.15) is 33.4 Å². The van der Waals surface area contributed by atoms with E-state index in [0.29, 0.717) is 13.5 Å². The van der Waals surface area contributed by atoms with Crippen LogP contribution in [0.5, 0.6) is 23.0 Å². The van der Waals surface area contributed by atoms with Gasteiger partial charge in [-0.1, -0.05) is 12.1 Å². The van der Waals surface area contributed by atoms with Crippen LogP contribution in [0.15, 0.2) is 72.8 Å². The summed E-state index contributed by atoms with van der Waals surface area (Å²) in [4.78, 5) is 4.52. The van der Waals surface area contributed by atoms with E-state index >= 15 is 0 Å². The number of benzene rings is 4. The monoisotopic (exact) mass is 488 g/mol. The van der Waals surface area contributed by atoms with Gasteiger partial charge < -0.3 is 24.0 Å². The quantitative estimate of drug-likeness (QED) is 0.333. The molecular weight excluding hydrogens is 460 g/mol. The van der Waals surface area contributed by atoms with E-state index in [1.807, 2.05) is 24.3 Å². The molecule has 2 heterocycles. The van der Waals surface area contributed by atoms with Gasteiger partial charge in [-0.3, -0.25) is 0 Å². The van der Waals surface area contributed by atoms with Gasteiger partial charge in [0.05, 0.1) is 0 Å². The van der Waals surface area contributed by atoms with E-state index < -0.39 is 0 Å². The first-order chi connectivity index (χ1) is 18.2. The van der Waals surface area contributed by atoms with E-state index in [1.165, 1.54) is 59.1 Å². The van der Waals surface area contributed by atoms with Crippen molar-refractivity contribution < 1.29 is 14.2 Å². The van der Waals surface area contributed by atoms with Crippen molar-refractivity contribution in [3.8, 4) is 23.0 Å². The summed E-state index contributed by atoms with van der Waals surface area (Å²) in [6, 6.07) is 25.7. The molecule has 0 fully saturated rings. The molecule has 0 amide bonds. The zero-order valence-corrected chi connectivity index (χ0v) is 20.7. The summed E-state index contributed by atoms with van der Waals surface area (Å²) in [6.07, 6.45) is 4.75. The number of anilines is 2. The Hall–Kier alpha value is -4.12. The van der Waals surface area contributed by atoms with Crippen molar-refractivity contribution in [1.29, 1.82) is 0 Å². The minimum Gasteiger partial charge on any atom is -0.473 e. The summed E-state index contributed by atoms with van der Waals surface area (Å²) in [5.74, 6) is 3.74.